The monoisotopic (exact) mass is 261 g/mol. The first-order chi connectivity index (χ1) is 9.01. The number of nitrogens with one attached hydrogen (secondary N) is 1. The molecule has 1 aromatic rings. The Morgan fingerprint density at radius 1 is 1.32 bits per heavy atom. The number of urea groups is 1. The van der Waals surface area contributed by atoms with Crippen molar-refractivity contribution in [2.75, 3.05) is 6.54 Å². The Morgan fingerprint density at radius 3 is 2.47 bits per heavy atom. The maximum atomic E-state index is 12.4. The molecule has 1 saturated heterocycles. The van der Waals surface area contributed by atoms with Gasteiger partial charge in [0.1, 0.15) is 5.54 Å². The van der Waals surface area contributed by atoms with Crippen LogP contribution in [0, 0.1) is 0 Å². The molecular formula is C13H13N2O4-. The quantitative estimate of drug-likeness (QED) is 0.746. The number of amides is 3. The van der Waals surface area contributed by atoms with Crippen LogP contribution in [-0.2, 0) is 15.1 Å². The van der Waals surface area contributed by atoms with Crippen molar-refractivity contribution in [2.24, 2.45) is 0 Å². The Labute approximate surface area is 110 Å². The van der Waals surface area contributed by atoms with E-state index in [0.29, 0.717) is 16.9 Å². The average Bonchev–Trinajstić information content (AvgIpc) is 2.64. The van der Waals surface area contributed by atoms with Crippen molar-refractivity contribution in [3.05, 3.63) is 35.9 Å². The standard InChI is InChI=1S/C13H14N2O4/c1-2-13(9-6-4-3-5-7-9)11(18)15(8-10(16)17)12(19)14-13/h3-7H,2,8H2,1H3,(H,14,19)(H,16,17)/p-1/t13-/m0/s1. The third kappa shape index (κ3) is 2.05. The van der Waals surface area contributed by atoms with Crippen LogP contribution in [-0.4, -0.2) is 29.4 Å². The van der Waals surface area contributed by atoms with Crippen LogP contribution in [0.25, 0.3) is 0 Å². The summed E-state index contributed by atoms with van der Waals surface area (Å²) in [7, 11) is 0. The highest BCUT2D eigenvalue weighted by Gasteiger charge is 2.50. The van der Waals surface area contributed by atoms with Crippen molar-refractivity contribution in [1.82, 2.24) is 10.2 Å². The summed E-state index contributed by atoms with van der Waals surface area (Å²) in [6, 6.07) is 8.06. The van der Waals surface area contributed by atoms with E-state index in [2.05, 4.69) is 5.32 Å². The minimum atomic E-state index is -1.47. The Kier molecular flexibility index (Phi) is 3.25. The van der Waals surface area contributed by atoms with Crippen molar-refractivity contribution < 1.29 is 19.5 Å². The van der Waals surface area contributed by atoms with Gasteiger partial charge in [0.2, 0.25) is 0 Å². The molecule has 0 saturated carbocycles. The fourth-order valence-electron chi connectivity index (χ4n) is 2.26. The van der Waals surface area contributed by atoms with Gasteiger partial charge in [-0.05, 0) is 12.0 Å². The number of carboxylic acids is 1. The molecule has 0 bridgehead atoms. The highest BCUT2D eigenvalue weighted by molar-refractivity contribution is 6.08. The first-order valence-electron chi connectivity index (χ1n) is 5.90. The van der Waals surface area contributed by atoms with Crippen LogP contribution >= 0.6 is 0 Å². The largest absolute Gasteiger partial charge is 0.548 e. The second-order valence-electron chi connectivity index (χ2n) is 4.32. The lowest BCUT2D eigenvalue weighted by Gasteiger charge is -2.25. The fraction of sp³-hybridized carbons (Fsp3) is 0.308. The van der Waals surface area contributed by atoms with E-state index < -0.39 is 30.0 Å². The molecule has 0 spiro atoms. The van der Waals surface area contributed by atoms with Crippen LogP contribution in [0.2, 0.25) is 0 Å². The highest BCUT2D eigenvalue weighted by Crippen LogP contribution is 2.31. The average molecular weight is 261 g/mol. The Morgan fingerprint density at radius 2 is 1.95 bits per heavy atom. The van der Waals surface area contributed by atoms with E-state index in [1.54, 1.807) is 37.3 Å². The zero-order valence-electron chi connectivity index (χ0n) is 10.4. The molecule has 6 nitrogen and oxygen atoms in total. The molecule has 0 aliphatic carbocycles. The van der Waals surface area contributed by atoms with Crippen molar-refractivity contribution in [3.8, 4) is 0 Å². The van der Waals surface area contributed by atoms with E-state index in [4.69, 9.17) is 0 Å². The van der Waals surface area contributed by atoms with Gasteiger partial charge in [-0.2, -0.15) is 0 Å². The summed E-state index contributed by atoms with van der Waals surface area (Å²) in [5, 5.41) is 13.2. The molecule has 6 heteroatoms. The number of imide groups is 1. The van der Waals surface area contributed by atoms with Gasteiger partial charge >= 0.3 is 6.03 Å². The molecule has 1 aliphatic heterocycles. The molecule has 0 aromatic heterocycles. The van der Waals surface area contributed by atoms with E-state index >= 15 is 0 Å². The topological polar surface area (TPSA) is 89.5 Å². The Hall–Kier alpha value is -2.37. The fourth-order valence-corrected chi connectivity index (χ4v) is 2.26. The minimum Gasteiger partial charge on any atom is -0.548 e. The van der Waals surface area contributed by atoms with Gasteiger partial charge in [0.15, 0.2) is 0 Å². The van der Waals surface area contributed by atoms with Gasteiger partial charge in [0.05, 0.1) is 12.5 Å². The maximum absolute atomic E-state index is 12.4. The summed E-state index contributed by atoms with van der Waals surface area (Å²) in [5.41, 5.74) is -0.551. The summed E-state index contributed by atoms with van der Waals surface area (Å²) in [6.45, 7) is 1.02. The highest BCUT2D eigenvalue weighted by atomic mass is 16.4. The predicted molar refractivity (Wildman–Crippen MR) is 63.7 cm³/mol. The van der Waals surface area contributed by atoms with E-state index in [1.165, 1.54) is 0 Å². The Balaban J connectivity index is 2.41. The van der Waals surface area contributed by atoms with Crippen LogP contribution < -0.4 is 10.4 Å². The second kappa shape index (κ2) is 4.72. The van der Waals surface area contributed by atoms with Gasteiger partial charge in [-0.3, -0.25) is 9.69 Å². The van der Waals surface area contributed by atoms with Gasteiger partial charge in [0.25, 0.3) is 5.91 Å². The number of nitrogens with zero attached hydrogens (tertiary/aromatic N) is 1. The Bertz CT molecular complexity index is 529. The van der Waals surface area contributed by atoms with Gasteiger partial charge < -0.3 is 15.2 Å². The maximum Gasteiger partial charge on any atom is 0.325 e. The normalized spacial score (nSPS) is 22.5. The molecule has 100 valence electrons. The van der Waals surface area contributed by atoms with Gasteiger partial charge in [0, 0.05) is 0 Å². The summed E-state index contributed by atoms with van der Waals surface area (Å²) < 4.78 is 0. The molecule has 1 fully saturated rings. The molecule has 2 rings (SSSR count). The predicted octanol–water partition coefficient (Wildman–Crippen LogP) is -0.406. The van der Waals surface area contributed by atoms with Crippen LogP contribution in [0.5, 0.6) is 0 Å². The van der Waals surface area contributed by atoms with E-state index in [-0.39, 0.29) is 0 Å². The van der Waals surface area contributed by atoms with Crippen molar-refractivity contribution >= 4 is 17.9 Å². The number of benzene rings is 1. The van der Waals surface area contributed by atoms with Gasteiger partial charge in [-0.1, -0.05) is 37.3 Å². The van der Waals surface area contributed by atoms with Crippen LogP contribution in [0.1, 0.15) is 18.9 Å². The number of carboxylic acid groups (broad SMARTS) is 1. The van der Waals surface area contributed by atoms with Crippen molar-refractivity contribution in [3.63, 3.8) is 0 Å². The van der Waals surface area contributed by atoms with E-state index in [0.717, 1.165) is 0 Å². The van der Waals surface area contributed by atoms with E-state index in [1.807, 2.05) is 0 Å². The van der Waals surface area contributed by atoms with Crippen LogP contribution in [0.15, 0.2) is 30.3 Å². The molecule has 1 N–H and O–H groups in total. The number of carbonyl (C=O) groups excluding carboxylic acids is 3. The molecule has 0 unspecified atom stereocenters. The smallest absolute Gasteiger partial charge is 0.325 e. The minimum absolute atomic E-state index is 0.338. The summed E-state index contributed by atoms with van der Waals surface area (Å²) >= 11 is 0. The van der Waals surface area contributed by atoms with Crippen LogP contribution in [0.3, 0.4) is 0 Å². The molecule has 1 atom stereocenters. The lowest BCUT2D eigenvalue weighted by atomic mass is 9.87. The lowest BCUT2D eigenvalue weighted by molar-refractivity contribution is -0.305. The molecule has 19 heavy (non-hydrogen) atoms. The molecule has 0 radical (unpaired) electrons. The first kappa shape index (κ1) is 13.1. The zero-order chi connectivity index (χ0) is 14.0. The number of hydrogen-bond acceptors (Lipinski definition) is 4. The number of hydrogen-bond donors (Lipinski definition) is 1. The number of rotatable bonds is 4. The van der Waals surface area contributed by atoms with Crippen molar-refractivity contribution in [2.45, 2.75) is 18.9 Å². The van der Waals surface area contributed by atoms with Crippen molar-refractivity contribution in [1.29, 1.82) is 0 Å². The molecular weight excluding hydrogens is 248 g/mol. The van der Waals surface area contributed by atoms with E-state index in [9.17, 15) is 19.5 Å². The summed E-state index contributed by atoms with van der Waals surface area (Å²) in [4.78, 5) is 35.4. The molecule has 3 amide bonds. The molecule has 1 aliphatic rings. The van der Waals surface area contributed by atoms with Gasteiger partial charge in [-0.15, -0.1) is 0 Å². The second-order valence-corrected chi connectivity index (χ2v) is 4.32. The first-order valence-corrected chi connectivity index (χ1v) is 5.90. The zero-order valence-corrected chi connectivity index (χ0v) is 10.4. The summed E-state index contributed by atoms with van der Waals surface area (Å²) in [6.07, 6.45) is 0.338. The lowest BCUT2D eigenvalue weighted by Crippen LogP contribution is -2.45. The number of aliphatic carboxylic acids is 1. The SMILES string of the molecule is CC[C@@]1(c2ccccc2)NC(=O)N(CC(=O)[O-])C1=O. The molecule has 1 aromatic carbocycles. The van der Waals surface area contributed by atoms with Crippen LogP contribution in [0.4, 0.5) is 4.79 Å². The molecule has 1 heterocycles. The van der Waals surface area contributed by atoms with Gasteiger partial charge in [-0.25, -0.2) is 4.79 Å². The third-order valence-electron chi connectivity index (χ3n) is 3.26. The number of carbonyl (C=O) groups is 3. The summed E-state index contributed by atoms with van der Waals surface area (Å²) in [5.74, 6) is -2.03. The third-order valence-corrected chi connectivity index (χ3v) is 3.26.